The summed E-state index contributed by atoms with van der Waals surface area (Å²) in [6.45, 7) is 8.55. The van der Waals surface area contributed by atoms with Crippen LogP contribution in [0.5, 0.6) is 0 Å². The lowest BCUT2D eigenvalue weighted by atomic mass is 10.1. The fourth-order valence-corrected chi connectivity index (χ4v) is 4.85. The molecular weight excluding hydrogens is 402 g/mol. The van der Waals surface area contributed by atoms with Gasteiger partial charge >= 0.3 is 0 Å². The predicted molar refractivity (Wildman–Crippen MR) is 116 cm³/mol. The van der Waals surface area contributed by atoms with Crippen LogP contribution in [0.3, 0.4) is 0 Å². The van der Waals surface area contributed by atoms with Crippen molar-refractivity contribution in [2.24, 2.45) is 0 Å². The summed E-state index contributed by atoms with van der Waals surface area (Å²) in [6.07, 6.45) is 0. The van der Waals surface area contributed by atoms with Crippen molar-refractivity contribution >= 4 is 27.3 Å². The van der Waals surface area contributed by atoms with Crippen molar-refractivity contribution in [3.05, 3.63) is 70.6 Å². The van der Waals surface area contributed by atoms with E-state index in [0.717, 1.165) is 21.0 Å². The smallest absolute Gasteiger partial charge is 0.270 e. The normalized spacial score (nSPS) is 11.4. The van der Waals surface area contributed by atoms with Crippen molar-refractivity contribution in [2.45, 2.75) is 39.5 Å². The largest absolute Gasteiger partial charge is 0.360 e. The Bertz CT molecular complexity index is 1160. The Labute approximate surface area is 176 Å². The molecule has 0 aliphatic carbocycles. The topological polar surface area (TPSA) is 92.5 Å². The second kappa shape index (κ2) is 8.31. The van der Waals surface area contributed by atoms with Gasteiger partial charge in [0.15, 0.2) is 10.7 Å². The molecule has 0 saturated carbocycles. The number of aromatic nitrogens is 1. The lowest BCUT2D eigenvalue weighted by molar-refractivity contribution is -0.114. The second-order valence-electron chi connectivity index (χ2n) is 7.35. The summed E-state index contributed by atoms with van der Waals surface area (Å²) in [5.41, 5.74) is 4.37. The van der Waals surface area contributed by atoms with E-state index in [4.69, 9.17) is 4.52 Å². The molecule has 0 atom stereocenters. The summed E-state index contributed by atoms with van der Waals surface area (Å²) in [4.78, 5) is 12.8. The van der Waals surface area contributed by atoms with Crippen LogP contribution in [0.2, 0.25) is 0 Å². The van der Waals surface area contributed by atoms with Crippen LogP contribution in [0.4, 0.5) is 11.4 Å². The quantitative estimate of drug-likeness (QED) is 0.641. The average molecular weight is 428 g/mol. The molecule has 0 radical (unpaired) electrons. The van der Waals surface area contributed by atoms with Crippen LogP contribution in [0.1, 0.15) is 28.1 Å². The molecule has 158 valence electrons. The number of aryl methyl sites for hydroxylation is 5. The van der Waals surface area contributed by atoms with E-state index >= 15 is 0 Å². The van der Waals surface area contributed by atoms with Crippen molar-refractivity contribution in [1.82, 2.24) is 5.16 Å². The molecule has 3 rings (SSSR count). The SMILES string of the molecule is Cc1ccc(N(CC(=O)Nc2ccc(C)c(C)c2)S(=O)(=O)c2c(C)noc2C)cc1. The van der Waals surface area contributed by atoms with E-state index in [1.54, 1.807) is 37.3 Å². The molecule has 0 saturated heterocycles. The van der Waals surface area contributed by atoms with Crippen molar-refractivity contribution in [3.8, 4) is 0 Å². The van der Waals surface area contributed by atoms with Crippen LogP contribution >= 0.6 is 0 Å². The maximum Gasteiger partial charge on any atom is 0.270 e. The van der Waals surface area contributed by atoms with E-state index in [1.807, 2.05) is 32.9 Å². The first-order valence-corrected chi connectivity index (χ1v) is 10.9. The van der Waals surface area contributed by atoms with Gasteiger partial charge in [-0.15, -0.1) is 0 Å². The van der Waals surface area contributed by atoms with Gasteiger partial charge in [0.1, 0.15) is 12.2 Å². The number of hydrogen-bond acceptors (Lipinski definition) is 5. The van der Waals surface area contributed by atoms with Gasteiger partial charge in [0.05, 0.1) is 5.69 Å². The Hall–Kier alpha value is -3.13. The monoisotopic (exact) mass is 427 g/mol. The molecular formula is C22H25N3O4S. The molecule has 0 unspecified atom stereocenters. The lowest BCUT2D eigenvalue weighted by Gasteiger charge is -2.24. The third-order valence-corrected chi connectivity index (χ3v) is 6.93. The van der Waals surface area contributed by atoms with Crippen LogP contribution in [0.25, 0.3) is 0 Å². The summed E-state index contributed by atoms with van der Waals surface area (Å²) in [7, 11) is -4.07. The van der Waals surface area contributed by atoms with Crippen molar-refractivity contribution in [1.29, 1.82) is 0 Å². The lowest BCUT2D eigenvalue weighted by Crippen LogP contribution is -2.38. The van der Waals surface area contributed by atoms with Gasteiger partial charge in [-0.1, -0.05) is 28.9 Å². The van der Waals surface area contributed by atoms with E-state index in [0.29, 0.717) is 11.4 Å². The van der Waals surface area contributed by atoms with E-state index in [-0.39, 0.29) is 22.9 Å². The molecule has 7 nitrogen and oxygen atoms in total. The van der Waals surface area contributed by atoms with Crippen LogP contribution in [0.15, 0.2) is 51.9 Å². The van der Waals surface area contributed by atoms with Gasteiger partial charge in [-0.2, -0.15) is 0 Å². The molecule has 0 fully saturated rings. The van der Waals surface area contributed by atoms with Gasteiger partial charge in [0.25, 0.3) is 10.0 Å². The molecule has 30 heavy (non-hydrogen) atoms. The Morgan fingerprint density at radius 3 is 2.23 bits per heavy atom. The molecule has 1 N–H and O–H groups in total. The van der Waals surface area contributed by atoms with E-state index in [2.05, 4.69) is 10.5 Å². The zero-order valence-corrected chi connectivity index (χ0v) is 18.5. The number of anilines is 2. The summed E-state index contributed by atoms with van der Waals surface area (Å²) in [6, 6.07) is 12.5. The second-order valence-corrected chi connectivity index (χ2v) is 9.15. The highest BCUT2D eigenvalue weighted by Crippen LogP contribution is 2.28. The van der Waals surface area contributed by atoms with Gasteiger partial charge in [0, 0.05) is 5.69 Å². The third-order valence-electron chi connectivity index (χ3n) is 4.92. The van der Waals surface area contributed by atoms with E-state index in [1.165, 1.54) is 6.92 Å². The number of nitrogens with one attached hydrogen (secondary N) is 1. The number of sulfonamides is 1. The molecule has 2 aromatic carbocycles. The van der Waals surface area contributed by atoms with Crippen LogP contribution in [0, 0.1) is 34.6 Å². The summed E-state index contributed by atoms with van der Waals surface area (Å²) in [5.74, 6) is -0.270. The number of hydrogen-bond donors (Lipinski definition) is 1. The highest BCUT2D eigenvalue weighted by Gasteiger charge is 2.32. The maximum absolute atomic E-state index is 13.5. The predicted octanol–water partition coefficient (Wildman–Crippen LogP) is 4.05. The fraction of sp³-hybridized carbons (Fsp3) is 0.273. The van der Waals surface area contributed by atoms with Crippen molar-refractivity contribution < 1.29 is 17.7 Å². The minimum Gasteiger partial charge on any atom is -0.360 e. The number of benzene rings is 2. The maximum atomic E-state index is 13.5. The van der Waals surface area contributed by atoms with Crippen molar-refractivity contribution in [2.75, 3.05) is 16.2 Å². The number of amides is 1. The zero-order chi connectivity index (χ0) is 22.1. The van der Waals surface area contributed by atoms with Gasteiger partial charge in [-0.05, 0) is 70.0 Å². The Morgan fingerprint density at radius 1 is 1.00 bits per heavy atom. The fourth-order valence-electron chi connectivity index (χ4n) is 3.13. The summed E-state index contributed by atoms with van der Waals surface area (Å²) < 4.78 is 33.0. The number of carbonyl (C=O) groups excluding carboxylic acids is 1. The minimum atomic E-state index is -4.07. The first-order valence-electron chi connectivity index (χ1n) is 9.49. The molecule has 0 spiro atoms. The van der Waals surface area contributed by atoms with Crippen LogP contribution < -0.4 is 9.62 Å². The highest BCUT2D eigenvalue weighted by molar-refractivity contribution is 7.93. The molecule has 8 heteroatoms. The number of rotatable bonds is 6. The van der Waals surface area contributed by atoms with Gasteiger partial charge < -0.3 is 9.84 Å². The van der Waals surface area contributed by atoms with Crippen molar-refractivity contribution in [3.63, 3.8) is 0 Å². The molecule has 0 aliphatic rings. The van der Waals surface area contributed by atoms with Crippen LogP contribution in [-0.2, 0) is 14.8 Å². The minimum absolute atomic E-state index is 0.0259. The summed E-state index contributed by atoms with van der Waals surface area (Å²) >= 11 is 0. The average Bonchev–Trinajstić information content (AvgIpc) is 3.02. The van der Waals surface area contributed by atoms with E-state index < -0.39 is 15.9 Å². The van der Waals surface area contributed by atoms with Gasteiger partial charge in [-0.3, -0.25) is 9.10 Å². The number of carbonyl (C=O) groups is 1. The highest BCUT2D eigenvalue weighted by atomic mass is 32.2. The Morgan fingerprint density at radius 2 is 1.67 bits per heavy atom. The molecule has 1 amide bonds. The molecule has 3 aromatic rings. The first-order chi connectivity index (χ1) is 14.1. The Kier molecular flexibility index (Phi) is 5.98. The Balaban J connectivity index is 1.96. The first kappa shape index (κ1) is 21.6. The van der Waals surface area contributed by atoms with Crippen LogP contribution in [-0.4, -0.2) is 26.0 Å². The molecule has 1 heterocycles. The third kappa shape index (κ3) is 4.38. The molecule has 0 aliphatic heterocycles. The molecule has 1 aromatic heterocycles. The van der Waals surface area contributed by atoms with Gasteiger partial charge in [0.2, 0.25) is 5.91 Å². The number of nitrogens with zero attached hydrogens (tertiary/aromatic N) is 2. The standard InChI is InChI=1S/C22H25N3O4S/c1-14-6-10-20(11-7-14)25(30(27,28)22-17(4)24-29-18(22)5)13-21(26)23-19-9-8-15(2)16(3)12-19/h6-12H,13H2,1-5H3,(H,23,26). The zero-order valence-electron chi connectivity index (χ0n) is 17.7. The van der Waals surface area contributed by atoms with E-state index in [9.17, 15) is 13.2 Å². The van der Waals surface area contributed by atoms with Gasteiger partial charge in [-0.25, -0.2) is 8.42 Å². The summed E-state index contributed by atoms with van der Waals surface area (Å²) in [5, 5.41) is 6.54. The molecule has 0 bridgehead atoms.